The molecule has 2 unspecified atom stereocenters. The van der Waals surface area contributed by atoms with Crippen LogP contribution in [0.2, 0.25) is 0 Å². The second-order valence-corrected chi connectivity index (χ2v) is 7.12. The molecule has 0 amide bonds. The van der Waals surface area contributed by atoms with Gasteiger partial charge in [-0.25, -0.2) is 4.98 Å². The van der Waals surface area contributed by atoms with Crippen molar-refractivity contribution in [1.82, 2.24) is 14.9 Å². The third kappa shape index (κ3) is 2.62. The van der Waals surface area contributed by atoms with Gasteiger partial charge in [0.2, 0.25) is 0 Å². The summed E-state index contributed by atoms with van der Waals surface area (Å²) in [6.45, 7) is 10.8. The number of aromatic amines is 1. The second-order valence-electron chi connectivity index (χ2n) is 7.12. The number of ether oxygens (including phenoxy) is 1. The molecular formula is C18H26N4O. The highest BCUT2D eigenvalue weighted by Crippen LogP contribution is 2.28. The lowest BCUT2D eigenvalue weighted by molar-refractivity contribution is -0.148. The van der Waals surface area contributed by atoms with Gasteiger partial charge in [0.05, 0.1) is 17.6 Å². The standard InChI is InChI=1S/C18H26N4O/c1-12(2)14-10-19-15-4-5-16(20-18(14)15)22-8-7-21(11-13(22)3)17-6-9-23-17/h4-5,10,12-13,17,19H,6-9,11H2,1-3H3. The summed E-state index contributed by atoms with van der Waals surface area (Å²) < 4.78 is 5.64. The first-order valence-electron chi connectivity index (χ1n) is 8.74. The number of piperazine rings is 1. The van der Waals surface area contributed by atoms with Crippen LogP contribution in [0.1, 0.15) is 38.7 Å². The molecule has 2 aromatic rings. The van der Waals surface area contributed by atoms with E-state index in [1.165, 1.54) is 12.0 Å². The molecule has 1 N–H and O–H groups in total. The number of anilines is 1. The van der Waals surface area contributed by atoms with Crippen molar-refractivity contribution in [1.29, 1.82) is 0 Å². The highest BCUT2D eigenvalue weighted by molar-refractivity contribution is 5.81. The fraction of sp³-hybridized carbons (Fsp3) is 0.611. The largest absolute Gasteiger partial charge is 0.363 e. The molecule has 124 valence electrons. The van der Waals surface area contributed by atoms with Crippen LogP contribution in [0.3, 0.4) is 0 Å². The zero-order valence-corrected chi connectivity index (χ0v) is 14.2. The van der Waals surface area contributed by atoms with E-state index in [-0.39, 0.29) is 0 Å². The summed E-state index contributed by atoms with van der Waals surface area (Å²) in [4.78, 5) is 13.2. The Morgan fingerprint density at radius 2 is 2.13 bits per heavy atom. The van der Waals surface area contributed by atoms with Crippen LogP contribution < -0.4 is 4.90 Å². The van der Waals surface area contributed by atoms with E-state index in [0.29, 0.717) is 18.2 Å². The maximum Gasteiger partial charge on any atom is 0.129 e. The van der Waals surface area contributed by atoms with Gasteiger partial charge in [-0.05, 0) is 30.5 Å². The smallest absolute Gasteiger partial charge is 0.129 e. The summed E-state index contributed by atoms with van der Waals surface area (Å²) in [7, 11) is 0. The number of fused-ring (bicyclic) bond motifs is 1. The zero-order chi connectivity index (χ0) is 16.0. The number of rotatable bonds is 3. The molecule has 4 rings (SSSR count). The number of nitrogens with one attached hydrogen (secondary N) is 1. The first kappa shape index (κ1) is 15.0. The van der Waals surface area contributed by atoms with Gasteiger partial charge < -0.3 is 14.6 Å². The molecule has 23 heavy (non-hydrogen) atoms. The Bertz CT molecular complexity index is 691. The van der Waals surface area contributed by atoms with E-state index in [9.17, 15) is 0 Å². The number of hydrogen-bond donors (Lipinski definition) is 1. The highest BCUT2D eigenvalue weighted by atomic mass is 16.5. The summed E-state index contributed by atoms with van der Waals surface area (Å²) in [5, 5.41) is 0. The minimum atomic E-state index is 0.354. The molecular weight excluding hydrogens is 288 g/mol. The molecule has 2 saturated heterocycles. The molecule has 5 heteroatoms. The van der Waals surface area contributed by atoms with Crippen molar-refractivity contribution in [2.45, 2.75) is 45.4 Å². The van der Waals surface area contributed by atoms with Crippen molar-refractivity contribution in [3.63, 3.8) is 0 Å². The number of pyridine rings is 1. The van der Waals surface area contributed by atoms with E-state index in [4.69, 9.17) is 9.72 Å². The number of hydrogen-bond acceptors (Lipinski definition) is 4. The molecule has 0 spiro atoms. The third-order valence-electron chi connectivity index (χ3n) is 5.19. The van der Waals surface area contributed by atoms with Gasteiger partial charge in [-0.2, -0.15) is 0 Å². The first-order chi connectivity index (χ1) is 11.1. The minimum Gasteiger partial charge on any atom is -0.363 e. The molecule has 2 fully saturated rings. The Hall–Kier alpha value is -1.59. The van der Waals surface area contributed by atoms with E-state index >= 15 is 0 Å². The van der Waals surface area contributed by atoms with Crippen LogP contribution in [0.15, 0.2) is 18.3 Å². The number of aromatic nitrogens is 2. The maximum absolute atomic E-state index is 5.64. The van der Waals surface area contributed by atoms with Gasteiger partial charge in [0.1, 0.15) is 12.0 Å². The van der Waals surface area contributed by atoms with Gasteiger partial charge >= 0.3 is 0 Å². The normalized spacial score (nSPS) is 26.0. The molecule has 0 radical (unpaired) electrons. The van der Waals surface area contributed by atoms with Gasteiger partial charge in [-0.1, -0.05) is 13.8 Å². The average Bonchev–Trinajstić information content (AvgIpc) is 2.88. The molecule has 2 aromatic heterocycles. The predicted molar refractivity (Wildman–Crippen MR) is 92.9 cm³/mol. The van der Waals surface area contributed by atoms with Gasteiger partial charge in [0.15, 0.2) is 0 Å². The Labute approximate surface area is 137 Å². The Morgan fingerprint density at radius 1 is 1.30 bits per heavy atom. The van der Waals surface area contributed by atoms with Gasteiger partial charge in [-0.15, -0.1) is 0 Å². The third-order valence-corrected chi connectivity index (χ3v) is 5.19. The first-order valence-corrected chi connectivity index (χ1v) is 8.74. The molecule has 0 saturated carbocycles. The van der Waals surface area contributed by atoms with Crippen molar-refractivity contribution in [3.8, 4) is 0 Å². The lowest BCUT2D eigenvalue weighted by Crippen LogP contribution is -2.58. The Kier molecular flexibility index (Phi) is 3.77. The predicted octanol–water partition coefficient (Wildman–Crippen LogP) is 2.94. The monoisotopic (exact) mass is 314 g/mol. The van der Waals surface area contributed by atoms with Crippen molar-refractivity contribution in [2.24, 2.45) is 0 Å². The summed E-state index contributed by atoms with van der Waals surface area (Å²) in [6, 6.07) is 4.77. The van der Waals surface area contributed by atoms with Crippen LogP contribution in [0.25, 0.3) is 11.0 Å². The molecule has 0 aromatic carbocycles. The lowest BCUT2D eigenvalue weighted by atomic mass is 10.1. The molecule has 4 heterocycles. The van der Waals surface area contributed by atoms with Gasteiger partial charge in [0.25, 0.3) is 0 Å². The van der Waals surface area contributed by atoms with E-state index in [1.54, 1.807) is 0 Å². The van der Waals surface area contributed by atoms with Crippen molar-refractivity contribution in [3.05, 3.63) is 23.9 Å². The molecule has 0 aliphatic carbocycles. The Balaban J connectivity index is 1.57. The summed E-state index contributed by atoms with van der Waals surface area (Å²) in [5.41, 5.74) is 3.55. The molecule has 2 aliphatic heterocycles. The fourth-order valence-electron chi connectivity index (χ4n) is 3.71. The van der Waals surface area contributed by atoms with Crippen LogP contribution >= 0.6 is 0 Å². The SMILES string of the molecule is CC(C)c1c[nH]c2ccc(N3CCN(C4CCO4)CC3C)nc12. The van der Waals surface area contributed by atoms with E-state index in [1.807, 2.05) is 0 Å². The Morgan fingerprint density at radius 3 is 2.78 bits per heavy atom. The second kappa shape index (κ2) is 5.80. The van der Waals surface area contributed by atoms with E-state index in [0.717, 1.165) is 43.1 Å². The maximum atomic E-state index is 5.64. The zero-order valence-electron chi connectivity index (χ0n) is 14.2. The summed E-state index contributed by atoms with van der Waals surface area (Å²) >= 11 is 0. The number of H-pyrrole nitrogens is 1. The van der Waals surface area contributed by atoms with Crippen LogP contribution in [0, 0.1) is 0 Å². The van der Waals surface area contributed by atoms with Crippen LogP contribution in [-0.2, 0) is 4.74 Å². The fourth-order valence-corrected chi connectivity index (χ4v) is 3.71. The van der Waals surface area contributed by atoms with Crippen LogP contribution in [-0.4, -0.2) is 53.4 Å². The summed E-state index contributed by atoms with van der Waals surface area (Å²) in [6.07, 6.45) is 3.63. The van der Waals surface area contributed by atoms with Crippen LogP contribution in [0.4, 0.5) is 5.82 Å². The average molecular weight is 314 g/mol. The van der Waals surface area contributed by atoms with Gasteiger partial charge in [0, 0.05) is 38.3 Å². The highest BCUT2D eigenvalue weighted by Gasteiger charge is 2.32. The molecule has 0 bridgehead atoms. The van der Waals surface area contributed by atoms with Gasteiger partial charge in [-0.3, -0.25) is 4.90 Å². The topological polar surface area (TPSA) is 44.4 Å². The molecule has 5 nitrogen and oxygen atoms in total. The molecule has 2 atom stereocenters. The quantitative estimate of drug-likeness (QED) is 0.946. The van der Waals surface area contributed by atoms with E-state index < -0.39 is 0 Å². The number of nitrogens with zero attached hydrogens (tertiary/aromatic N) is 3. The van der Waals surface area contributed by atoms with E-state index in [2.05, 4.69) is 53.9 Å². The minimum absolute atomic E-state index is 0.354. The van der Waals surface area contributed by atoms with Crippen LogP contribution in [0.5, 0.6) is 0 Å². The van der Waals surface area contributed by atoms with Crippen molar-refractivity contribution < 1.29 is 4.74 Å². The van der Waals surface area contributed by atoms with Crippen molar-refractivity contribution >= 4 is 16.9 Å². The molecule has 2 aliphatic rings. The lowest BCUT2D eigenvalue weighted by Gasteiger charge is -2.46. The summed E-state index contributed by atoms with van der Waals surface area (Å²) in [5.74, 6) is 1.58. The van der Waals surface area contributed by atoms with Crippen molar-refractivity contribution in [2.75, 3.05) is 31.1 Å².